The largest absolute Gasteiger partial charge is 0.447 e. The molecule has 0 N–H and O–H groups in total. The lowest BCUT2D eigenvalue weighted by Gasteiger charge is -2.22. The lowest BCUT2D eigenvalue weighted by molar-refractivity contribution is -0.131. The second-order valence-corrected chi connectivity index (χ2v) is 5.83. The van der Waals surface area contributed by atoms with E-state index in [0.717, 1.165) is 11.1 Å². The molecule has 1 saturated heterocycles. The third kappa shape index (κ3) is 3.89. The molecule has 118 valence electrons. The summed E-state index contributed by atoms with van der Waals surface area (Å²) in [6.07, 6.45) is 1.83. The predicted molar refractivity (Wildman–Crippen MR) is 85.8 cm³/mol. The maximum Gasteiger partial charge on any atom is 0.417 e. The zero-order valence-corrected chi connectivity index (χ0v) is 13.5. The topological polar surface area (TPSA) is 46.6 Å². The number of cyclic esters (lactones) is 1. The van der Waals surface area contributed by atoms with Crippen molar-refractivity contribution < 1.29 is 14.3 Å². The zero-order chi connectivity index (χ0) is 16.1. The Morgan fingerprint density at radius 2 is 2.14 bits per heavy atom. The van der Waals surface area contributed by atoms with E-state index in [4.69, 9.17) is 16.3 Å². The monoisotopic (exact) mass is 321 g/mol. The molecule has 2 rings (SSSR count). The van der Waals surface area contributed by atoms with Crippen molar-refractivity contribution in [3.8, 4) is 0 Å². The quantitative estimate of drug-likeness (QED) is 0.617. The first-order chi connectivity index (χ1) is 10.5. The van der Waals surface area contributed by atoms with E-state index in [1.165, 1.54) is 4.90 Å². The highest BCUT2D eigenvalue weighted by atomic mass is 35.5. The van der Waals surface area contributed by atoms with Crippen LogP contribution in [-0.2, 0) is 16.0 Å². The Balaban J connectivity index is 2.12. The van der Waals surface area contributed by atoms with Crippen LogP contribution >= 0.6 is 11.6 Å². The van der Waals surface area contributed by atoms with Gasteiger partial charge in [-0.2, -0.15) is 0 Å². The van der Waals surface area contributed by atoms with Gasteiger partial charge in [-0.25, -0.2) is 9.69 Å². The van der Waals surface area contributed by atoms with E-state index < -0.39 is 12.0 Å². The first-order valence-corrected chi connectivity index (χ1v) is 7.83. The molecule has 22 heavy (non-hydrogen) atoms. The Bertz CT molecular complexity index is 571. The molecule has 0 bridgehead atoms. The number of hydrogen-bond donors (Lipinski definition) is 0. The molecule has 2 atom stereocenters. The summed E-state index contributed by atoms with van der Waals surface area (Å²) in [5, 5.41) is 0. The number of halogens is 1. The van der Waals surface area contributed by atoms with Crippen molar-refractivity contribution in [2.75, 3.05) is 12.5 Å². The van der Waals surface area contributed by atoms with Gasteiger partial charge in [0.05, 0.1) is 12.0 Å². The Morgan fingerprint density at radius 1 is 1.45 bits per heavy atom. The Hall–Kier alpha value is -1.81. The number of benzene rings is 1. The van der Waals surface area contributed by atoms with Crippen LogP contribution in [0.4, 0.5) is 4.79 Å². The van der Waals surface area contributed by atoms with Crippen LogP contribution in [0.25, 0.3) is 0 Å². The molecule has 5 heteroatoms. The maximum atomic E-state index is 12.5. The van der Waals surface area contributed by atoms with Gasteiger partial charge in [-0.15, -0.1) is 11.6 Å². The number of allylic oxidation sites excluding steroid dienone is 1. The summed E-state index contributed by atoms with van der Waals surface area (Å²) < 4.78 is 5.07. The van der Waals surface area contributed by atoms with Crippen molar-refractivity contribution in [1.82, 2.24) is 4.90 Å². The SMILES string of the molecule is C/C(=C\[C@@H](C)C(=O)N1C(=O)OC[C@@H]1Cc1ccccc1)CCl. The predicted octanol–water partition coefficient (Wildman–Crippen LogP) is 3.40. The number of carbonyl (C=O) groups excluding carboxylic acids is 2. The van der Waals surface area contributed by atoms with Crippen molar-refractivity contribution in [1.29, 1.82) is 0 Å². The highest BCUT2D eigenvalue weighted by molar-refractivity contribution is 6.19. The smallest absolute Gasteiger partial charge is 0.417 e. The Morgan fingerprint density at radius 3 is 2.77 bits per heavy atom. The summed E-state index contributed by atoms with van der Waals surface area (Å²) in [5.41, 5.74) is 1.98. The fraction of sp³-hybridized carbons (Fsp3) is 0.412. The molecule has 4 nitrogen and oxygen atoms in total. The van der Waals surface area contributed by atoms with Crippen LogP contribution in [0, 0.1) is 5.92 Å². The van der Waals surface area contributed by atoms with Gasteiger partial charge in [0.25, 0.3) is 0 Å². The van der Waals surface area contributed by atoms with E-state index in [1.54, 1.807) is 13.0 Å². The summed E-state index contributed by atoms with van der Waals surface area (Å²) in [5.74, 6) is -0.272. The minimum Gasteiger partial charge on any atom is -0.447 e. The molecule has 1 aromatic rings. The molecular weight excluding hydrogens is 302 g/mol. The minimum absolute atomic E-state index is 0.240. The number of imide groups is 1. The first-order valence-electron chi connectivity index (χ1n) is 7.30. The standard InChI is InChI=1S/C17H20ClNO3/c1-12(10-18)8-13(2)16(20)19-15(11-22-17(19)21)9-14-6-4-3-5-7-14/h3-8,13,15H,9-11H2,1-2H3/b12-8+/t13-,15+/m1/s1. The van der Waals surface area contributed by atoms with Gasteiger partial charge in [-0.05, 0) is 18.9 Å². The van der Waals surface area contributed by atoms with E-state index in [0.29, 0.717) is 12.3 Å². The second-order valence-electron chi connectivity index (χ2n) is 5.56. The Kier molecular flexibility index (Phi) is 5.61. The Labute approximate surface area is 135 Å². The summed E-state index contributed by atoms with van der Waals surface area (Å²) in [7, 11) is 0. The molecule has 1 aliphatic rings. The molecule has 0 aromatic heterocycles. The molecule has 2 amide bonds. The van der Waals surface area contributed by atoms with Gasteiger partial charge in [0.15, 0.2) is 0 Å². The lowest BCUT2D eigenvalue weighted by atomic mass is 10.0. The molecule has 0 radical (unpaired) electrons. The third-order valence-corrected chi connectivity index (χ3v) is 4.07. The van der Waals surface area contributed by atoms with E-state index in [9.17, 15) is 9.59 Å². The summed E-state index contributed by atoms with van der Waals surface area (Å²) >= 11 is 5.74. The van der Waals surface area contributed by atoms with E-state index >= 15 is 0 Å². The average molecular weight is 322 g/mol. The molecular formula is C17H20ClNO3. The number of alkyl halides is 1. The van der Waals surface area contributed by atoms with Crippen molar-refractivity contribution in [3.05, 3.63) is 47.5 Å². The first kappa shape index (κ1) is 16.6. The third-order valence-electron chi connectivity index (χ3n) is 3.65. The van der Waals surface area contributed by atoms with Crippen LogP contribution in [0.15, 0.2) is 42.0 Å². The second kappa shape index (κ2) is 7.45. The summed E-state index contributed by atoms with van der Waals surface area (Å²) in [4.78, 5) is 25.7. The maximum absolute atomic E-state index is 12.5. The zero-order valence-electron chi connectivity index (χ0n) is 12.8. The van der Waals surface area contributed by atoms with Crippen molar-refractivity contribution in [2.24, 2.45) is 5.92 Å². The normalized spacial score (nSPS) is 20.0. The van der Waals surface area contributed by atoms with Gasteiger partial charge in [0, 0.05) is 5.88 Å². The average Bonchev–Trinajstić information content (AvgIpc) is 2.88. The highest BCUT2D eigenvalue weighted by Gasteiger charge is 2.39. The van der Waals surface area contributed by atoms with Crippen LogP contribution in [0.3, 0.4) is 0 Å². The summed E-state index contributed by atoms with van der Waals surface area (Å²) in [6, 6.07) is 9.51. The van der Waals surface area contributed by atoms with Crippen molar-refractivity contribution in [2.45, 2.75) is 26.3 Å². The number of amides is 2. The van der Waals surface area contributed by atoms with Gasteiger partial charge in [-0.1, -0.05) is 48.9 Å². The molecule has 0 unspecified atom stereocenters. The van der Waals surface area contributed by atoms with Crippen LogP contribution in [0.1, 0.15) is 19.4 Å². The van der Waals surface area contributed by atoms with Crippen LogP contribution in [0.2, 0.25) is 0 Å². The van der Waals surface area contributed by atoms with Crippen LogP contribution in [-0.4, -0.2) is 35.4 Å². The fourth-order valence-electron chi connectivity index (χ4n) is 2.53. The molecule has 1 aliphatic heterocycles. The van der Waals surface area contributed by atoms with Crippen molar-refractivity contribution in [3.63, 3.8) is 0 Å². The number of hydrogen-bond acceptors (Lipinski definition) is 3. The molecule has 0 saturated carbocycles. The number of ether oxygens (including phenoxy) is 1. The van der Waals surface area contributed by atoms with Crippen LogP contribution < -0.4 is 0 Å². The summed E-state index contributed by atoms with van der Waals surface area (Å²) in [6.45, 7) is 3.87. The fourth-order valence-corrected chi connectivity index (χ4v) is 2.62. The van der Waals surface area contributed by atoms with Gasteiger partial charge in [0.2, 0.25) is 5.91 Å². The van der Waals surface area contributed by atoms with Crippen molar-refractivity contribution >= 4 is 23.6 Å². The molecule has 1 fully saturated rings. The lowest BCUT2D eigenvalue weighted by Crippen LogP contribution is -2.42. The molecule has 0 spiro atoms. The van der Waals surface area contributed by atoms with Gasteiger partial charge >= 0.3 is 6.09 Å². The van der Waals surface area contributed by atoms with E-state index in [-0.39, 0.29) is 18.6 Å². The van der Waals surface area contributed by atoms with Gasteiger partial charge in [-0.3, -0.25) is 4.79 Å². The molecule has 0 aliphatic carbocycles. The van der Waals surface area contributed by atoms with Gasteiger partial charge < -0.3 is 4.74 Å². The van der Waals surface area contributed by atoms with E-state index in [2.05, 4.69) is 0 Å². The van der Waals surface area contributed by atoms with Gasteiger partial charge in [0.1, 0.15) is 6.61 Å². The molecule has 1 aromatic carbocycles. The van der Waals surface area contributed by atoms with E-state index in [1.807, 2.05) is 37.3 Å². The highest BCUT2D eigenvalue weighted by Crippen LogP contribution is 2.21. The minimum atomic E-state index is -0.560. The number of carbonyl (C=O) groups is 2. The number of rotatable bonds is 5. The number of nitrogens with zero attached hydrogens (tertiary/aromatic N) is 1. The molecule has 1 heterocycles. The van der Waals surface area contributed by atoms with Crippen LogP contribution in [0.5, 0.6) is 0 Å².